The molecule has 0 aromatic carbocycles. The molecule has 0 amide bonds. The van der Waals surface area contributed by atoms with Gasteiger partial charge in [-0.3, -0.25) is 10.4 Å². The largest absolute Gasteiger partial charge is 0.370 e. The molecule has 190 valence electrons. The van der Waals surface area contributed by atoms with E-state index in [-0.39, 0.29) is 0 Å². The van der Waals surface area contributed by atoms with E-state index in [1.807, 2.05) is 0 Å². The van der Waals surface area contributed by atoms with Gasteiger partial charge in [-0.05, 0) is 55.8 Å². The predicted molar refractivity (Wildman–Crippen MR) is 141 cm³/mol. The average molecular weight is 461 g/mol. The van der Waals surface area contributed by atoms with Crippen molar-refractivity contribution in [2.45, 2.75) is 104 Å². The van der Waals surface area contributed by atoms with Crippen LogP contribution in [0.15, 0.2) is 4.99 Å². The van der Waals surface area contributed by atoms with Crippen LogP contribution in [-0.2, 0) is 0 Å². The average Bonchev–Trinajstić information content (AvgIpc) is 3.31. The number of nitrogens with zero attached hydrogens (tertiary/aromatic N) is 4. The lowest BCUT2D eigenvalue weighted by Gasteiger charge is -2.33. The van der Waals surface area contributed by atoms with Crippen molar-refractivity contribution in [3.8, 4) is 0 Å². The summed E-state index contributed by atoms with van der Waals surface area (Å²) in [4.78, 5) is 11.8. The van der Waals surface area contributed by atoms with Crippen LogP contribution in [0.4, 0.5) is 0 Å². The van der Waals surface area contributed by atoms with Crippen molar-refractivity contribution in [2.75, 3.05) is 32.7 Å². The van der Waals surface area contributed by atoms with E-state index in [1.54, 1.807) is 0 Å². The van der Waals surface area contributed by atoms with Gasteiger partial charge in [0, 0.05) is 26.2 Å². The second-order valence-electron chi connectivity index (χ2n) is 11.5. The molecule has 1 saturated carbocycles. The molecule has 3 aliphatic rings. The minimum absolute atomic E-state index is 0.483. The Morgan fingerprint density at radius 2 is 1.79 bits per heavy atom. The lowest BCUT2D eigenvalue weighted by Crippen LogP contribution is -2.44. The van der Waals surface area contributed by atoms with Crippen LogP contribution >= 0.6 is 0 Å². The number of rotatable bonds is 12. The number of hydrogen-bond donors (Lipinski definition) is 2. The van der Waals surface area contributed by atoms with Crippen LogP contribution < -0.4 is 5.73 Å². The Balaban J connectivity index is 1.45. The van der Waals surface area contributed by atoms with Crippen LogP contribution in [0.1, 0.15) is 92.4 Å². The van der Waals surface area contributed by atoms with E-state index in [0.29, 0.717) is 23.9 Å². The fourth-order valence-electron chi connectivity index (χ4n) is 5.93. The molecule has 33 heavy (non-hydrogen) atoms. The zero-order valence-electron chi connectivity index (χ0n) is 22.2. The molecule has 0 aromatic rings. The molecule has 6 heteroatoms. The molecular weight excluding hydrogens is 408 g/mol. The molecular formula is C27H52N6. The van der Waals surface area contributed by atoms with Crippen LogP contribution in [0.5, 0.6) is 0 Å². The monoisotopic (exact) mass is 460 g/mol. The van der Waals surface area contributed by atoms with E-state index in [1.165, 1.54) is 51.4 Å². The SMILES string of the molecule is CCC(C)CN1C(=N)N(CCCC[C@H]2CN=C(N)N2CC2CCC(C)CC2)C[C@@H]1[C@@H](C)CC. The molecule has 1 unspecified atom stereocenters. The van der Waals surface area contributed by atoms with Crippen LogP contribution in [0.2, 0.25) is 0 Å². The first-order valence-electron chi connectivity index (χ1n) is 14.0. The standard InChI is InChI=1S/C27H52N6/c1-6-20(3)17-33-25(22(5)7-2)19-31(27(33)29)15-9-8-10-24-16-30-26(28)32(24)18-23-13-11-21(4)12-14-23/h20-25,29H,6-19H2,1-5H3,(H2,28,30)/t20?,21?,22-,23?,24-,25+/m0/s1. The minimum Gasteiger partial charge on any atom is -0.370 e. The smallest absolute Gasteiger partial charge is 0.194 e. The maximum atomic E-state index is 8.86. The number of nitrogens with one attached hydrogen (secondary N) is 1. The highest BCUT2D eigenvalue weighted by Crippen LogP contribution is 2.30. The van der Waals surface area contributed by atoms with Gasteiger partial charge >= 0.3 is 0 Å². The number of guanidine groups is 2. The first-order valence-corrected chi connectivity index (χ1v) is 14.0. The zero-order valence-corrected chi connectivity index (χ0v) is 22.2. The van der Waals surface area contributed by atoms with Gasteiger partial charge in [-0.25, -0.2) is 0 Å². The summed E-state index contributed by atoms with van der Waals surface area (Å²) in [5.41, 5.74) is 6.29. The van der Waals surface area contributed by atoms with Gasteiger partial charge in [-0.2, -0.15) is 0 Å². The van der Waals surface area contributed by atoms with Gasteiger partial charge in [0.2, 0.25) is 0 Å². The molecule has 3 rings (SSSR count). The summed E-state index contributed by atoms with van der Waals surface area (Å²) in [6.45, 7) is 16.6. The van der Waals surface area contributed by atoms with Crippen molar-refractivity contribution in [1.29, 1.82) is 5.41 Å². The molecule has 0 aromatic heterocycles. The van der Waals surface area contributed by atoms with Crippen molar-refractivity contribution < 1.29 is 0 Å². The van der Waals surface area contributed by atoms with Crippen molar-refractivity contribution in [3.63, 3.8) is 0 Å². The highest BCUT2D eigenvalue weighted by atomic mass is 15.4. The summed E-state index contributed by atoms with van der Waals surface area (Å²) in [5, 5.41) is 8.86. The van der Waals surface area contributed by atoms with E-state index in [2.05, 4.69) is 54.3 Å². The molecule has 2 aliphatic heterocycles. The highest BCUT2D eigenvalue weighted by Gasteiger charge is 2.37. The van der Waals surface area contributed by atoms with Gasteiger partial charge < -0.3 is 20.4 Å². The molecule has 1 saturated heterocycles. The summed E-state index contributed by atoms with van der Waals surface area (Å²) in [6, 6.07) is 0.977. The predicted octanol–water partition coefficient (Wildman–Crippen LogP) is 5.00. The lowest BCUT2D eigenvalue weighted by molar-refractivity contribution is 0.211. The first kappa shape index (κ1) is 26.2. The quantitative estimate of drug-likeness (QED) is 0.402. The molecule has 1 aliphatic carbocycles. The number of hydrogen-bond acceptors (Lipinski definition) is 4. The fourth-order valence-corrected chi connectivity index (χ4v) is 5.93. The maximum Gasteiger partial charge on any atom is 0.194 e. The van der Waals surface area contributed by atoms with Crippen molar-refractivity contribution in [3.05, 3.63) is 0 Å². The van der Waals surface area contributed by atoms with E-state index < -0.39 is 0 Å². The van der Waals surface area contributed by atoms with Gasteiger partial charge in [0.25, 0.3) is 0 Å². The lowest BCUT2D eigenvalue weighted by atomic mass is 9.82. The number of unbranched alkanes of at least 4 members (excludes halogenated alkanes) is 1. The van der Waals surface area contributed by atoms with E-state index in [9.17, 15) is 0 Å². The molecule has 2 heterocycles. The third-order valence-corrected chi connectivity index (χ3v) is 8.89. The van der Waals surface area contributed by atoms with Gasteiger partial charge in [0.15, 0.2) is 11.9 Å². The molecule has 3 N–H and O–H groups in total. The van der Waals surface area contributed by atoms with Crippen LogP contribution in [0, 0.1) is 29.1 Å². The zero-order chi connectivity index (χ0) is 24.0. The number of nitrogens with two attached hydrogens (primary N) is 1. The Hall–Kier alpha value is -1.46. The van der Waals surface area contributed by atoms with Crippen molar-refractivity contribution in [1.82, 2.24) is 14.7 Å². The molecule has 0 radical (unpaired) electrons. The van der Waals surface area contributed by atoms with Crippen molar-refractivity contribution in [2.24, 2.45) is 34.4 Å². The Kier molecular flexibility index (Phi) is 9.75. The fraction of sp³-hybridized carbons (Fsp3) is 0.926. The summed E-state index contributed by atoms with van der Waals surface area (Å²) in [7, 11) is 0. The van der Waals surface area contributed by atoms with E-state index in [0.717, 1.165) is 62.9 Å². The maximum absolute atomic E-state index is 8.86. The van der Waals surface area contributed by atoms with Crippen molar-refractivity contribution >= 4 is 11.9 Å². The Bertz CT molecular complexity index is 641. The summed E-state index contributed by atoms with van der Waals surface area (Å²) in [5.74, 6) is 4.50. The van der Waals surface area contributed by atoms with Crippen LogP contribution in [-0.4, -0.2) is 71.4 Å². The second kappa shape index (κ2) is 12.3. The Labute approximate surface area is 203 Å². The summed E-state index contributed by atoms with van der Waals surface area (Å²) < 4.78 is 0. The van der Waals surface area contributed by atoms with Crippen LogP contribution in [0.25, 0.3) is 0 Å². The summed E-state index contributed by atoms with van der Waals surface area (Å²) in [6.07, 6.45) is 11.3. The Morgan fingerprint density at radius 1 is 1.06 bits per heavy atom. The molecule has 4 atom stereocenters. The topological polar surface area (TPSA) is 72.0 Å². The first-order chi connectivity index (χ1) is 15.8. The molecule has 6 nitrogen and oxygen atoms in total. The second-order valence-corrected chi connectivity index (χ2v) is 11.5. The highest BCUT2D eigenvalue weighted by molar-refractivity contribution is 5.80. The van der Waals surface area contributed by atoms with Gasteiger partial charge in [0.05, 0.1) is 18.6 Å². The third kappa shape index (κ3) is 6.79. The molecule has 0 spiro atoms. The Morgan fingerprint density at radius 3 is 2.45 bits per heavy atom. The molecule has 0 bridgehead atoms. The number of aliphatic imine (C=N–C) groups is 1. The summed E-state index contributed by atoms with van der Waals surface area (Å²) >= 11 is 0. The van der Waals surface area contributed by atoms with E-state index >= 15 is 0 Å². The minimum atomic E-state index is 0.483. The molecule has 2 fully saturated rings. The van der Waals surface area contributed by atoms with Gasteiger partial charge in [-0.1, -0.05) is 60.3 Å². The van der Waals surface area contributed by atoms with Gasteiger partial charge in [-0.15, -0.1) is 0 Å². The van der Waals surface area contributed by atoms with E-state index in [4.69, 9.17) is 11.1 Å². The van der Waals surface area contributed by atoms with Gasteiger partial charge in [0.1, 0.15) is 0 Å². The normalized spacial score (nSPS) is 30.2. The third-order valence-electron chi connectivity index (χ3n) is 8.89. The van der Waals surface area contributed by atoms with Crippen LogP contribution in [0.3, 0.4) is 0 Å².